The summed E-state index contributed by atoms with van der Waals surface area (Å²) in [6, 6.07) is 0. The summed E-state index contributed by atoms with van der Waals surface area (Å²) in [5, 5.41) is 8.79. The molecule has 0 aliphatic rings. The van der Waals surface area contributed by atoms with Gasteiger partial charge in [0.1, 0.15) is 0 Å². The average molecular weight is 254 g/mol. The Kier molecular flexibility index (Phi) is 5.08. The minimum atomic E-state index is -0.371. The monoisotopic (exact) mass is 254 g/mol. The molecule has 2 nitrogen and oxygen atoms in total. The molecule has 1 atom stereocenters. The van der Waals surface area contributed by atoms with Crippen LogP contribution in [0.2, 0.25) is 0 Å². The maximum absolute atomic E-state index is 8.79. The van der Waals surface area contributed by atoms with E-state index in [2.05, 4.69) is 72.1 Å². The Morgan fingerprint density at radius 1 is 0.778 bits per heavy atom. The van der Waals surface area contributed by atoms with Gasteiger partial charge in [-0.25, -0.2) is 4.89 Å². The average Bonchev–Trinajstić information content (AvgIpc) is 2.12. The van der Waals surface area contributed by atoms with Gasteiger partial charge in [-0.15, -0.1) is 0 Å². The molecule has 0 aromatic heterocycles. The number of hydrogen-bond donors (Lipinski definition) is 1. The summed E-state index contributed by atoms with van der Waals surface area (Å²) in [4.78, 5) is 4.38. The van der Waals surface area contributed by atoms with Crippen LogP contribution in [0.3, 0.4) is 0 Å². The van der Waals surface area contributed by atoms with E-state index in [0.29, 0.717) is 0 Å². The van der Waals surface area contributed by atoms with Crippen molar-refractivity contribution in [2.24, 2.45) is 21.7 Å². The summed E-state index contributed by atoms with van der Waals surface area (Å²) in [5.74, 6) is 6.74. The van der Waals surface area contributed by atoms with Gasteiger partial charge in [0.2, 0.25) is 0 Å². The normalized spacial score (nSPS) is 16.8. The standard InChI is InChI=1S/C16H30O2/c1-13(2,3)15(7,8)10-11-16(9,12-18-17)14(4,5)6/h17H,12H2,1-9H3. The van der Waals surface area contributed by atoms with E-state index >= 15 is 0 Å². The second-order valence-corrected chi connectivity index (χ2v) is 7.98. The molecule has 0 aromatic rings. The Hall–Kier alpha value is -0.520. The first-order chi connectivity index (χ1) is 7.77. The molecule has 0 heterocycles. The van der Waals surface area contributed by atoms with E-state index in [1.165, 1.54) is 0 Å². The lowest BCUT2D eigenvalue weighted by atomic mass is 9.66. The number of hydrogen-bond acceptors (Lipinski definition) is 2. The van der Waals surface area contributed by atoms with Gasteiger partial charge < -0.3 is 0 Å². The molecule has 18 heavy (non-hydrogen) atoms. The van der Waals surface area contributed by atoms with Crippen molar-refractivity contribution in [2.75, 3.05) is 6.61 Å². The van der Waals surface area contributed by atoms with Crippen LogP contribution in [0.15, 0.2) is 0 Å². The smallest absolute Gasteiger partial charge is 0.0987 e. The first-order valence-electron chi connectivity index (χ1n) is 6.57. The third kappa shape index (κ3) is 4.00. The van der Waals surface area contributed by atoms with Gasteiger partial charge in [-0.1, -0.05) is 53.4 Å². The second-order valence-electron chi connectivity index (χ2n) is 7.98. The highest BCUT2D eigenvalue weighted by molar-refractivity contribution is 5.20. The summed E-state index contributed by atoms with van der Waals surface area (Å²) >= 11 is 0. The molecule has 0 amide bonds. The van der Waals surface area contributed by atoms with Gasteiger partial charge in [0.15, 0.2) is 0 Å². The maximum Gasteiger partial charge on any atom is 0.0987 e. The van der Waals surface area contributed by atoms with Crippen molar-refractivity contribution in [1.82, 2.24) is 0 Å². The Morgan fingerprint density at radius 2 is 1.22 bits per heavy atom. The van der Waals surface area contributed by atoms with Crippen LogP contribution < -0.4 is 0 Å². The van der Waals surface area contributed by atoms with Crippen molar-refractivity contribution < 1.29 is 10.1 Å². The minimum Gasteiger partial charge on any atom is -0.252 e. The molecule has 0 bridgehead atoms. The molecule has 1 unspecified atom stereocenters. The lowest BCUT2D eigenvalue weighted by Gasteiger charge is -2.38. The maximum atomic E-state index is 8.79. The molecule has 0 aliphatic carbocycles. The van der Waals surface area contributed by atoms with Crippen LogP contribution in [0.1, 0.15) is 62.3 Å². The molecule has 0 saturated carbocycles. The quantitative estimate of drug-likeness (QED) is 0.443. The fourth-order valence-electron chi connectivity index (χ4n) is 1.05. The van der Waals surface area contributed by atoms with Crippen LogP contribution in [0.5, 0.6) is 0 Å². The second kappa shape index (κ2) is 5.23. The van der Waals surface area contributed by atoms with Crippen LogP contribution in [0.4, 0.5) is 0 Å². The summed E-state index contributed by atoms with van der Waals surface area (Å²) in [6.07, 6.45) is 0. The van der Waals surface area contributed by atoms with E-state index in [-0.39, 0.29) is 28.3 Å². The molecule has 0 saturated heterocycles. The summed E-state index contributed by atoms with van der Waals surface area (Å²) in [7, 11) is 0. The molecule has 0 fully saturated rings. The first-order valence-corrected chi connectivity index (χ1v) is 6.57. The van der Waals surface area contributed by atoms with Crippen molar-refractivity contribution >= 4 is 0 Å². The topological polar surface area (TPSA) is 29.5 Å². The minimum absolute atomic E-state index is 0.0588. The number of rotatable bonds is 2. The Morgan fingerprint density at radius 3 is 1.50 bits per heavy atom. The van der Waals surface area contributed by atoms with E-state index in [0.717, 1.165) is 0 Å². The lowest BCUT2D eigenvalue weighted by Crippen LogP contribution is -2.36. The Bertz CT molecular complexity index is 331. The van der Waals surface area contributed by atoms with Crippen molar-refractivity contribution in [3.05, 3.63) is 0 Å². The van der Waals surface area contributed by atoms with Crippen molar-refractivity contribution in [1.29, 1.82) is 0 Å². The Labute approximate surface area is 113 Å². The molecule has 0 aromatic carbocycles. The molecular weight excluding hydrogens is 224 g/mol. The summed E-state index contributed by atoms with van der Waals surface area (Å²) < 4.78 is 0. The molecular formula is C16H30O2. The summed E-state index contributed by atoms with van der Waals surface area (Å²) in [6.45, 7) is 19.5. The van der Waals surface area contributed by atoms with Gasteiger partial charge in [-0.05, 0) is 31.6 Å². The van der Waals surface area contributed by atoms with E-state index in [9.17, 15) is 0 Å². The van der Waals surface area contributed by atoms with Gasteiger partial charge in [0.25, 0.3) is 0 Å². The van der Waals surface area contributed by atoms with E-state index < -0.39 is 0 Å². The van der Waals surface area contributed by atoms with Gasteiger partial charge in [0, 0.05) is 5.41 Å². The predicted molar refractivity (Wildman–Crippen MR) is 77.2 cm³/mol. The van der Waals surface area contributed by atoms with Crippen LogP contribution in [0.25, 0.3) is 0 Å². The lowest BCUT2D eigenvalue weighted by molar-refractivity contribution is -0.263. The van der Waals surface area contributed by atoms with Gasteiger partial charge >= 0.3 is 0 Å². The fourth-order valence-corrected chi connectivity index (χ4v) is 1.05. The molecule has 0 spiro atoms. The highest BCUT2D eigenvalue weighted by Gasteiger charge is 2.38. The molecule has 106 valence electrons. The highest BCUT2D eigenvalue weighted by Crippen LogP contribution is 2.41. The van der Waals surface area contributed by atoms with E-state index in [4.69, 9.17) is 5.26 Å². The van der Waals surface area contributed by atoms with Crippen LogP contribution in [0, 0.1) is 33.5 Å². The zero-order valence-electron chi connectivity index (χ0n) is 13.6. The molecule has 0 radical (unpaired) electrons. The van der Waals surface area contributed by atoms with Gasteiger partial charge in [0.05, 0.1) is 12.0 Å². The fraction of sp³-hybridized carbons (Fsp3) is 0.875. The van der Waals surface area contributed by atoms with Gasteiger partial charge in [-0.3, -0.25) is 5.26 Å². The zero-order chi connectivity index (χ0) is 14.8. The highest BCUT2D eigenvalue weighted by atomic mass is 17.1. The Balaban J connectivity index is 5.40. The molecule has 1 N–H and O–H groups in total. The van der Waals surface area contributed by atoms with E-state index in [1.807, 2.05) is 6.92 Å². The van der Waals surface area contributed by atoms with Crippen LogP contribution in [-0.2, 0) is 4.89 Å². The zero-order valence-corrected chi connectivity index (χ0v) is 13.6. The van der Waals surface area contributed by atoms with Crippen LogP contribution in [-0.4, -0.2) is 11.9 Å². The van der Waals surface area contributed by atoms with Crippen molar-refractivity contribution in [3.8, 4) is 11.8 Å². The van der Waals surface area contributed by atoms with Crippen molar-refractivity contribution in [2.45, 2.75) is 62.3 Å². The largest absolute Gasteiger partial charge is 0.252 e. The third-order valence-electron chi connectivity index (χ3n) is 4.53. The molecule has 2 heteroatoms. The van der Waals surface area contributed by atoms with E-state index in [1.54, 1.807) is 0 Å². The SMILES string of the molecule is CC(C)(C)C(C)(C)C#CC(C)(COO)C(C)(C)C. The van der Waals surface area contributed by atoms with Crippen LogP contribution >= 0.6 is 0 Å². The third-order valence-corrected chi connectivity index (χ3v) is 4.53. The van der Waals surface area contributed by atoms with Gasteiger partial charge in [-0.2, -0.15) is 0 Å². The predicted octanol–water partition coefficient (Wildman–Crippen LogP) is 4.60. The summed E-state index contributed by atoms with van der Waals surface area (Å²) in [5.41, 5.74) is -0.408. The molecule has 0 rings (SSSR count). The molecule has 0 aliphatic heterocycles. The first kappa shape index (κ1) is 17.5. The van der Waals surface area contributed by atoms with Crippen molar-refractivity contribution in [3.63, 3.8) is 0 Å².